The molecule has 0 amide bonds. The average Bonchev–Trinajstić information content (AvgIpc) is 3.47. The van der Waals surface area contributed by atoms with Gasteiger partial charge in [0.25, 0.3) is 6.01 Å². The molecule has 3 aromatic carbocycles. The quantitative estimate of drug-likeness (QED) is 0.224. The second-order valence-electron chi connectivity index (χ2n) is 12.6. The second-order valence-corrected chi connectivity index (χ2v) is 12.6. The summed E-state index contributed by atoms with van der Waals surface area (Å²) in [6.45, 7) is 7.27. The first-order valence-corrected chi connectivity index (χ1v) is 14.5. The van der Waals surface area contributed by atoms with E-state index in [1.807, 2.05) is 42.5 Å². The van der Waals surface area contributed by atoms with Gasteiger partial charge in [0.15, 0.2) is 0 Å². The summed E-state index contributed by atoms with van der Waals surface area (Å²) < 4.78 is 17.8. The molecule has 1 aliphatic carbocycles. The Balaban J connectivity index is 1.05. The van der Waals surface area contributed by atoms with Gasteiger partial charge in [-0.15, -0.1) is 0 Å². The number of fused-ring (bicyclic) bond motifs is 3. The van der Waals surface area contributed by atoms with Gasteiger partial charge in [0, 0.05) is 16.5 Å². The molecule has 7 rings (SSSR count). The third-order valence-electron chi connectivity index (χ3n) is 8.69. The zero-order valence-electron chi connectivity index (χ0n) is 24.1. The highest BCUT2D eigenvalue weighted by molar-refractivity contribution is 5.71. The zero-order valence-corrected chi connectivity index (χ0v) is 24.1. The van der Waals surface area contributed by atoms with E-state index in [-0.39, 0.29) is 22.4 Å². The number of nitrogens with zero attached hydrogens (tertiary/aromatic N) is 1. The van der Waals surface area contributed by atoms with E-state index in [0.717, 1.165) is 48.3 Å². The fourth-order valence-corrected chi connectivity index (χ4v) is 5.98. The maximum atomic E-state index is 12.6. The predicted octanol–water partition coefficient (Wildman–Crippen LogP) is 8.10. The Morgan fingerprint density at radius 2 is 1.56 bits per heavy atom. The highest BCUT2D eigenvalue weighted by atomic mass is 16.5. The van der Waals surface area contributed by atoms with Crippen LogP contribution in [0.4, 0.5) is 11.7 Å². The molecule has 6 nitrogen and oxygen atoms in total. The SMILES string of the molecule is CC(C)(C)c1cnc(Nc2ccc(-c3ccc(C45CCC(CC(=O)OCc6ccccc6)(CC4)OC5)cc3)cc2)o1. The molecular weight excluding hydrogens is 512 g/mol. The van der Waals surface area contributed by atoms with Gasteiger partial charge in [-0.25, -0.2) is 4.98 Å². The van der Waals surface area contributed by atoms with Crippen LogP contribution in [0, 0.1) is 0 Å². The molecule has 0 atom stereocenters. The molecule has 2 bridgehead atoms. The van der Waals surface area contributed by atoms with Crippen LogP contribution in [0.15, 0.2) is 89.5 Å². The zero-order chi connectivity index (χ0) is 28.5. The standard InChI is InChI=1S/C35H38N2O4/c1-33(2,3)30-22-36-32(41-30)37-29-15-11-27(12-16-29)26-9-13-28(14-10-26)34-17-19-35(20-18-34,40-24-34)21-31(38)39-23-25-7-5-4-6-8-25/h4-16,22H,17-21,23-24H2,1-3H3,(H,36,37). The first-order chi connectivity index (χ1) is 19.7. The minimum absolute atomic E-state index is 0.0178. The molecule has 3 fully saturated rings. The van der Waals surface area contributed by atoms with E-state index < -0.39 is 0 Å². The average molecular weight is 551 g/mol. The van der Waals surface area contributed by atoms with Gasteiger partial charge in [-0.3, -0.25) is 4.79 Å². The van der Waals surface area contributed by atoms with Gasteiger partial charge < -0.3 is 19.2 Å². The van der Waals surface area contributed by atoms with Crippen LogP contribution in [0.25, 0.3) is 11.1 Å². The summed E-state index contributed by atoms with van der Waals surface area (Å²) in [5.41, 5.74) is 5.13. The minimum atomic E-state index is -0.384. The van der Waals surface area contributed by atoms with Gasteiger partial charge in [-0.1, -0.05) is 87.5 Å². The molecule has 3 aliphatic rings. The van der Waals surface area contributed by atoms with E-state index in [1.165, 1.54) is 11.1 Å². The highest BCUT2D eigenvalue weighted by Crippen LogP contribution is 2.51. The van der Waals surface area contributed by atoms with Crippen molar-refractivity contribution >= 4 is 17.7 Å². The number of hydrogen-bond acceptors (Lipinski definition) is 6. The van der Waals surface area contributed by atoms with E-state index in [4.69, 9.17) is 13.9 Å². The number of oxazole rings is 1. The van der Waals surface area contributed by atoms with Crippen LogP contribution in [0.5, 0.6) is 0 Å². The van der Waals surface area contributed by atoms with E-state index in [2.05, 4.69) is 67.5 Å². The summed E-state index contributed by atoms with van der Waals surface area (Å²) in [6.07, 6.45) is 5.92. The van der Waals surface area contributed by atoms with Crippen LogP contribution < -0.4 is 5.32 Å². The third-order valence-corrected chi connectivity index (χ3v) is 8.69. The van der Waals surface area contributed by atoms with Crippen LogP contribution in [-0.2, 0) is 31.7 Å². The lowest BCUT2D eigenvalue weighted by Gasteiger charge is -2.53. The van der Waals surface area contributed by atoms with Crippen LogP contribution in [0.2, 0.25) is 0 Å². The number of carbonyl (C=O) groups is 1. The summed E-state index contributed by atoms with van der Waals surface area (Å²) in [7, 11) is 0. The fraction of sp³-hybridized carbons (Fsp3) is 0.371. The van der Waals surface area contributed by atoms with Gasteiger partial charge >= 0.3 is 5.97 Å². The molecule has 0 radical (unpaired) electrons. The van der Waals surface area contributed by atoms with Gasteiger partial charge in [-0.2, -0.15) is 0 Å². The molecule has 4 aromatic rings. The van der Waals surface area contributed by atoms with Crippen LogP contribution in [0.3, 0.4) is 0 Å². The van der Waals surface area contributed by atoms with Gasteiger partial charge in [0.1, 0.15) is 12.4 Å². The van der Waals surface area contributed by atoms with E-state index in [9.17, 15) is 4.79 Å². The lowest BCUT2D eigenvalue weighted by molar-refractivity contribution is -0.179. The van der Waals surface area contributed by atoms with Gasteiger partial charge in [-0.05, 0) is 60.1 Å². The van der Waals surface area contributed by atoms with Gasteiger partial charge in [0.05, 0.1) is 24.8 Å². The lowest BCUT2D eigenvalue weighted by atomic mass is 9.62. The Hall–Kier alpha value is -3.90. The van der Waals surface area contributed by atoms with Crippen molar-refractivity contribution in [2.75, 3.05) is 11.9 Å². The first-order valence-electron chi connectivity index (χ1n) is 14.5. The second kappa shape index (κ2) is 10.8. The van der Waals surface area contributed by atoms with E-state index in [0.29, 0.717) is 25.6 Å². The Morgan fingerprint density at radius 1 is 0.902 bits per heavy atom. The highest BCUT2D eigenvalue weighted by Gasteiger charge is 2.51. The molecular formula is C35H38N2O4. The van der Waals surface area contributed by atoms with Crippen molar-refractivity contribution in [1.82, 2.24) is 4.98 Å². The summed E-state index contributed by atoms with van der Waals surface area (Å²) >= 11 is 0. The normalized spacial score (nSPS) is 21.9. The Morgan fingerprint density at radius 3 is 2.15 bits per heavy atom. The Labute approximate surface area is 242 Å². The smallest absolute Gasteiger partial charge is 0.309 e. The molecule has 2 aliphatic heterocycles. The fourth-order valence-electron chi connectivity index (χ4n) is 5.98. The molecule has 2 saturated heterocycles. The molecule has 41 heavy (non-hydrogen) atoms. The van der Waals surface area contributed by atoms with Crippen molar-refractivity contribution < 1.29 is 18.7 Å². The van der Waals surface area contributed by atoms with Crippen LogP contribution >= 0.6 is 0 Å². The van der Waals surface area contributed by atoms with Crippen LogP contribution in [-0.4, -0.2) is 23.2 Å². The van der Waals surface area contributed by atoms with Crippen molar-refractivity contribution in [2.24, 2.45) is 0 Å². The molecule has 1 saturated carbocycles. The maximum Gasteiger partial charge on any atom is 0.309 e. The van der Waals surface area contributed by atoms with Gasteiger partial charge in [0.2, 0.25) is 0 Å². The van der Waals surface area contributed by atoms with Crippen molar-refractivity contribution in [1.29, 1.82) is 0 Å². The molecule has 3 heterocycles. The molecule has 212 valence electrons. The van der Waals surface area contributed by atoms with E-state index in [1.54, 1.807) is 6.20 Å². The number of anilines is 2. The van der Waals surface area contributed by atoms with E-state index >= 15 is 0 Å². The minimum Gasteiger partial charge on any atom is -0.461 e. The number of ether oxygens (including phenoxy) is 2. The molecule has 6 heteroatoms. The lowest BCUT2D eigenvalue weighted by Crippen LogP contribution is -2.54. The summed E-state index contributed by atoms with van der Waals surface area (Å²) in [5.74, 6) is 0.674. The summed E-state index contributed by atoms with van der Waals surface area (Å²) in [5, 5.41) is 3.25. The molecule has 0 unspecified atom stereocenters. The first kappa shape index (κ1) is 27.3. The number of nitrogens with one attached hydrogen (secondary N) is 1. The molecule has 1 N–H and O–H groups in total. The van der Waals surface area contributed by atoms with Crippen molar-refractivity contribution in [2.45, 2.75) is 75.9 Å². The summed E-state index contributed by atoms with van der Waals surface area (Å²) in [4.78, 5) is 17.0. The number of hydrogen-bond donors (Lipinski definition) is 1. The summed E-state index contributed by atoms with van der Waals surface area (Å²) in [6, 6.07) is 27.5. The van der Waals surface area contributed by atoms with Crippen LogP contribution in [0.1, 0.15) is 69.8 Å². The molecule has 1 aromatic heterocycles. The number of carbonyl (C=O) groups excluding carboxylic acids is 1. The third kappa shape index (κ3) is 5.94. The largest absolute Gasteiger partial charge is 0.461 e. The maximum absolute atomic E-state index is 12.6. The number of benzene rings is 3. The predicted molar refractivity (Wildman–Crippen MR) is 160 cm³/mol. The van der Waals surface area contributed by atoms with Crippen molar-refractivity contribution in [3.63, 3.8) is 0 Å². The number of esters is 1. The van der Waals surface area contributed by atoms with Crippen molar-refractivity contribution in [3.8, 4) is 11.1 Å². The molecule has 0 spiro atoms. The van der Waals surface area contributed by atoms with Crippen molar-refractivity contribution in [3.05, 3.63) is 102 Å². The Kier molecular flexibility index (Phi) is 7.20. The monoisotopic (exact) mass is 550 g/mol. The number of aromatic nitrogens is 1. The topological polar surface area (TPSA) is 73.6 Å². The Bertz CT molecular complexity index is 1460. The number of rotatable bonds is 8.